The molecule has 2 aromatic rings. The van der Waals surface area contributed by atoms with Crippen LogP contribution in [0.5, 0.6) is 0 Å². The van der Waals surface area contributed by atoms with Crippen molar-refractivity contribution in [2.24, 2.45) is 0 Å². The van der Waals surface area contributed by atoms with Gasteiger partial charge in [0.2, 0.25) is 0 Å². The van der Waals surface area contributed by atoms with Gasteiger partial charge < -0.3 is 0 Å². The number of halogens is 2. The van der Waals surface area contributed by atoms with Gasteiger partial charge in [0.1, 0.15) is 0 Å². The summed E-state index contributed by atoms with van der Waals surface area (Å²) >= 11 is 11.2. The number of hydrogen-bond acceptors (Lipinski definition) is 1. The number of benzene rings is 1. The Balaban J connectivity index is 2.59. The second-order valence-corrected chi connectivity index (χ2v) is 4.76. The van der Waals surface area contributed by atoms with Crippen LogP contribution in [0.1, 0.15) is 0 Å². The normalized spacial score (nSPS) is 10.3. The van der Waals surface area contributed by atoms with Crippen LogP contribution >= 0.6 is 38.9 Å². The smallest absolute Gasteiger partial charge is 0.0592 e. The average molecular weight is 274 g/mol. The van der Waals surface area contributed by atoms with Crippen molar-refractivity contribution >= 4 is 38.9 Å². The van der Waals surface area contributed by atoms with Gasteiger partial charge in [0.05, 0.1) is 9.90 Å². The summed E-state index contributed by atoms with van der Waals surface area (Å²) in [6.45, 7) is 0. The van der Waals surface area contributed by atoms with Gasteiger partial charge in [0.15, 0.2) is 0 Å². The van der Waals surface area contributed by atoms with E-state index in [0.717, 1.165) is 19.9 Å². The fourth-order valence-electron chi connectivity index (χ4n) is 1.13. The topological polar surface area (TPSA) is 0 Å². The molecule has 0 aliphatic rings. The standard InChI is InChI=1S/C10H6BrClS/c11-8-4-2-1-3-7(8)10-9(12)5-6-13-10/h1-6H. The molecule has 0 aliphatic heterocycles. The van der Waals surface area contributed by atoms with Crippen molar-refractivity contribution in [3.8, 4) is 10.4 Å². The molecule has 1 aromatic carbocycles. The summed E-state index contributed by atoms with van der Waals surface area (Å²) in [5.74, 6) is 0. The minimum atomic E-state index is 0.817. The van der Waals surface area contributed by atoms with Gasteiger partial charge in [-0.05, 0) is 17.5 Å². The molecule has 0 fully saturated rings. The molecule has 0 saturated heterocycles. The summed E-state index contributed by atoms with van der Waals surface area (Å²) in [7, 11) is 0. The SMILES string of the molecule is Clc1ccsc1-c1ccccc1Br. The van der Waals surface area contributed by atoms with Gasteiger partial charge in [0, 0.05) is 10.0 Å². The summed E-state index contributed by atoms with van der Waals surface area (Å²) in [6.07, 6.45) is 0. The lowest BCUT2D eigenvalue weighted by atomic mass is 10.2. The van der Waals surface area contributed by atoms with E-state index >= 15 is 0 Å². The van der Waals surface area contributed by atoms with E-state index in [0.29, 0.717) is 0 Å². The summed E-state index contributed by atoms with van der Waals surface area (Å²) in [4.78, 5) is 1.12. The molecule has 0 atom stereocenters. The lowest BCUT2D eigenvalue weighted by Crippen LogP contribution is -1.74. The lowest BCUT2D eigenvalue weighted by molar-refractivity contribution is 1.64. The average Bonchev–Trinajstić information content (AvgIpc) is 2.52. The van der Waals surface area contributed by atoms with Gasteiger partial charge in [-0.15, -0.1) is 11.3 Å². The first-order chi connectivity index (χ1) is 6.29. The first kappa shape index (κ1) is 9.25. The zero-order valence-electron chi connectivity index (χ0n) is 6.63. The van der Waals surface area contributed by atoms with Crippen molar-refractivity contribution in [2.75, 3.05) is 0 Å². The van der Waals surface area contributed by atoms with Gasteiger partial charge in [-0.2, -0.15) is 0 Å². The first-order valence-corrected chi connectivity index (χ1v) is 5.82. The Morgan fingerprint density at radius 3 is 2.54 bits per heavy atom. The molecule has 0 bridgehead atoms. The van der Waals surface area contributed by atoms with Crippen LogP contribution in [-0.2, 0) is 0 Å². The molecule has 2 rings (SSSR count). The van der Waals surface area contributed by atoms with Gasteiger partial charge >= 0.3 is 0 Å². The Bertz CT molecular complexity index is 422. The molecule has 0 N–H and O–H groups in total. The van der Waals surface area contributed by atoms with Crippen molar-refractivity contribution in [3.63, 3.8) is 0 Å². The van der Waals surface area contributed by atoms with Crippen LogP contribution in [0.3, 0.4) is 0 Å². The molecule has 0 unspecified atom stereocenters. The monoisotopic (exact) mass is 272 g/mol. The van der Waals surface area contributed by atoms with Crippen molar-refractivity contribution < 1.29 is 0 Å². The van der Waals surface area contributed by atoms with Crippen LogP contribution in [0.15, 0.2) is 40.2 Å². The summed E-state index contributed by atoms with van der Waals surface area (Å²) in [5, 5.41) is 2.81. The molecular formula is C10H6BrClS. The number of rotatable bonds is 1. The third kappa shape index (κ3) is 1.80. The number of thiophene rings is 1. The molecule has 0 aliphatic carbocycles. The van der Waals surface area contributed by atoms with E-state index in [2.05, 4.69) is 22.0 Å². The van der Waals surface area contributed by atoms with Crippen LogP contribution in [0.2, 0.25) is 5.02 Å². The Hall–Kier alpha value is -0.310. The Labute approximate surface area is 94.3 Å². The fraction of sp³-hybridized carbons (Fsp3) is 0. The Kier molecular flexibility index (Phi) is 2.72. The minimum absolute atomic E-state index is 0.817. The Morgan fingerprint density at radius 1 is 1.15 bits per heavy atom. The van der Waals surface area contributed by atoms with E-state index in [4.69, 9.17) is 11.6 Å². The van der Waals surface area contributed by atoms with E-state index in [-0.39, 0.29) is 0 Å². The van der Waals surface area contributed by atoms with E-state index in [1.54, 1.807) is 11.3 Å². The zero-order chi connectivity index (χ0) is 9.26. The Morgan fingerprint density at radius 2 is 1.92 bits per heavy atom. The zero-order valence-corrected chi connectivity index (χ0v) is 9.79. The van der Waals surface area contributed by atoms with Gasteiger partial charge in [-0.1, -0.05) is 45.7 Å². The third-order valence-corrected chi connectivity index (χ3v) is 3.80. The van der Waals surface area contributed by atoms with Gasteiger partial charge in [-0.3, -0.25) is 0 Å². The molecule has 0 amide bonds. The quantitative estimate of drug-likeness (QED) is 0.698. The van der Waals surface area contributed by atoms with E-state index in [1.165, 1.54) is 0 Å². The molecule has 0 radical (unpaired) electrons. The highest BCUT2D eigenvalue weighted by Gasteiger charge is 2.06. The molecule has 13 heavy (non-hydrogen) atoms. The minimum Gasteiger partial charge on any atom is -0.142 e. The summed E-state index contributed by atoms with van der Waals surface area (Å²) < 4.78 is 1.08. The van der Waals surface area contributed by atoms with Crippen LogP contribution in [0.25, 0.3) is 10.4 Å². The van der Waals surface area contributed by atoms with Crippen molar-refractivity contribution in [3.05, 3.63) is 45.2 Å². The second kappa shape index (κ2) is 3.82. The molecular weight excluding hydrogens is 268 g/mol. The summed E-state index contributed by atoms with van der Waals surface area (Å²) in [5.41, 5.74) is 1.16. The predicted octanol–water partition coefficient (Wildman–Crippen LogP) is 4.83. The molecule has 1 heterocycles. The maximum absolute atomic E-state index is 6.04. The predicted molar refractivity (Wildman–Crippen MR) is 62.5 cm³/mol. The second-order valence-electron chi connectivity index (χ2n) is 2.58. The van der Waals surface area contributed by atoms with Crippen LogP contribution in [0.4, 0.5) is 0 Å². The molecule has 0 spiro atoms. The lowest BCUT2D eigenvalue weighted by Gasteiger charge is -2.00. The fourth-order valence-corrected chi connectivity index (χ4v) is 2.94. The highest BCUT2D eigenvalue weighted by Crippen LogP contribution is 2.37. The van der Waals surface area contributed by atoms with E-state index in [9.17, 15) is 0 Å². The molecule has 1 aromatic heterocycles. The van der Waals surface area contributed by atoms with E-state index in [1.807, 2.05) is 29.6 Å². The van der Waals surface area contributed by atoms with Crippen molar-refractivity contribution in [2.45, 2.75) is 0 Å². The van der Waals surface area contributed by atoms with Gasteiger partial charge in [0.25, 0.3) is 0 Å². The van der Waals surface area contributed by atoms with Crippen molar-refractivity contribution in [1.82, 2.24) is 0 Å². The first-order valence-electron chi connectivity index (χ1n) is 3.77. The van der Waals surface area contributed by atoms with Crippen molar-refractivity contribution in [1.29, 1.82) is 0 Å². The maximum atomic E-state index is 6.04. The molecule has 3 heteroatoms. The largest absolute Gasteiger partial charge is 0.142 e. The third-order valence-electron chi connectivity index (χ3n) is 1.74. The van der Waals surface area contributed by atoms with Crippen LogP contribution in [0, 0.1) is 0 Å². The summed E-state index contributed by atoms with van der Waals surface area (Å²) in [6, 6.07) is 10.00. The van der Waals surface area contributed by atoms with Gasteiger partial charge in [-0.25, -0.2) is 0 Å². The number of hydrogen-bond donors (Lipinski definition) is 0. The highest BCUT2D eigenvalue weighted by atomic mass is 79.9. The van der Waals surface area contributed by atoms with Crippen LogP contribution in [-0.4, -0.2) is 0 Å². The van der Waals surface area contributed by atoms with Crippen LogP contribution < -0.4 is 0 Å². The molecule has 0 saturated carbocycles. The molecule has 0 nitrogen and oxygen atoms in total. The molecule has 66 valence electrons. The highest BCUT2D eigenvalue weighted by molar-refractivity contribution is 9.10. The van der Waals surface area contributed by atoms with E-state index < -0.39 is 0 Å². The maximum Gasteiger partial charge on any atom is 0.0592 e.